The molecule has 0 fully saturated rings. The fourth-order valence-electron chi connectivity index (χ4n) is 1.23. The van der Waals surface area contributed by atoms with Crippen LogP contribution in [0, 0.1) is 0 Å². The standard InChI is InChI=1S/C10H15N3O3S/c1-17(16)4-2-3-12-9-8(11)5-7(6-13-9)10(14)15/h5-6H,2-4,11H2,1H3,(H,12,13)(H,14,15). The number of carboxylic acids is 1. The number of nitrogens with one attached hydrogen (secondary N) is 1. The molecule has 0 bridgehead atoms. The van der Waals surface area contributed by atoms with Crippen LogP contribution in [0.1, 0.15) is 16.8 Å². The molecule has 0 radical (unpaired) electrons. The van der Waals surface area contributed by atoms with Crippen molar-refractivity contribution in [2.45, 2.75) is 6.42 Å². The Bertz CT molecular complexity index is 437. The maximum absolute atomic E-state index is 10.8. The highest BCUT2D eigenvalue weighted by molar-refractivity contribution is 7.84. The fraction of sp³-hybridized carbons (Fsp3) is 0.400. The predicted molar refractivity (Wildman–Crippen MR) is 67.6 cm³/mol. The van der Waals surface area contributed by atoms with Gasteiger partial charge in [-0.15, -0.1) is 0 Å². The Morgan fingerprint density at radius 3 is 2.88 bits per heavy atom. The molecule has 0 aromatic carbocycles. The summed E-state index contributed by atoms with van der Waals surface area (Å²) in [6.07, 6.45) is 3.64. The summed E-state index contributed by atoms with van der Waals surface area (Å²) in [6, 6.07) is 1.36. The molecule has 1 atom stereocenters. The molecule has 1 heterocycles. The van der Waals surface area contributed by atoms with Crippen molar-refractivity contribution < 1.29 is 14.1 Å². The first-order chi connectivity index (χ1) is 8.00. The van der Waals surface area contributed by atoms with Crippen molar-refractivity contribution in [2.75, 3.05) is 29.6 Å². The molecule has 6 nitrogen and oxygen atoms in total. The van der Waals surface area contributed by atoms with E-state index in [1.807, 2.05) is 0 Å². The van der Waals surface area contributed by atoms with Crippen LogP contribution < -0.4 is 11.1 Å². The Hall–Kier alpha value is -1.63. The molecule has 7 heteroatoms. The average Bonchev–Trinajstić information content (AvgIpc) is 2.25. The molecule has 0 spiro atoms. The predicted octanol–water partition coefficient (Wildman–Crippen LogP) is 0.542. The van der Waals surface area contributed by atoms with Gasteiger partial charge >= 0.3 is 5.97 Å². The van der Waals surface area contributed by atoms with E-state index in [4.69, 9.17) is 10.8 Å². The quantitative estimate of drug-likeness (QED) is 0.642. The van der Waals surface area contributed by atoms with Crippen LogP contribution in [0.15, 0.2) is 12.3 Å². The Morgan fingerprint density at radius 2 is 2.35 bits per heavy atom. The normalized spacial score (nSPS) is 12.1. The highest BCUT2D eigenvalue weighted by atomic mass is 32.2. The minimum Gasteiger partial charge on any atom is -0.478 e. The van der Waals surface area contributed by atoms with Crippen LogP contribution in [0.3, 0.4) is 0 Å². The van der Waals surface area contributed by atoms with Crippen molar-refractivity contribution in [1.82, 2.24) is 4.98 Å². The topological polar surface area (TPSA) is 105 Å². The van der Waals surface area contributed by atoms with E-state index in [1.54, 1.807) is 6.26 Å². The van der Waals surface area contributed by atoms with E-state index in [-0.39, 0.29) is 5.56 Å². The van der Waals surface area contributed by atoms with Gasteiger partial charge in [-0.3, -0.25) is 4.21 Å². The van der Waals surface area contributed by atoms with Gasteiger partial charge in [0, 0.05) is 35.5 Å². The minimum atomic E-state index is -1.06. The lowest BCUT2D eigenvalue weighted by molar-refractivity contribution is 0.0696. The molecule has 0 aliphatic heterocycles. The van der Waals surface area contributed by atoms with Crippen molar-refractivity contribution >= 4 is 28.3 Å². The average molecular weight is 257 g/mol. The Labute approximate surface area is 102 Å². The van der Waals surface area contributed by atoms with E-state index in [2.05, 4.69) is 10.3 Å². The summed E-state index contributed by atoms with van der Waals surface area (Å²) in [7, 11) is -0.808. The van der Waals surface area contributed by atoms with E-state index in [1.165, 1.54) is 12.3 Å². The highest BCUT2D eigenvalue weighted by Crippen LogP contribution is 2.16. The molecule has 0 amide bonds. The van der Waals surface area contributed by atoms with Crippen LogP contribution in [0.2, 0.25) is 0 Å². The first kappa shape index (κ1) is 13.4. The van der Waals surface area contributed by atoms with Gasteiger partial charge in [-0.2, -0.15) is 0 Å². The molecular formula is C10H15N3O3S. The van der Waals surface area contributed by atoms with E-state index in [0.29, 0.717) is 23.8 Å². The molecular weight excluding hydrogens is 242 g/mol. The van der Waals surface area contributed by atoms with Gasteiger partial charge in [0.25, 0.3) is 0 Å². The Morgan fingerprint density at radius 1 is 1.65 bits per heavy atom. The van der Waals surface area contributed by atoms with E-state index < -0.39 is 16.8 Å². The summed E-state index contributed by atoms with van der Waals surface area (Å²) in [5.41, 5.74) is 6.00. The molecule has 0 aliphatic carbocycles. The number of nitrogen functional groups attached to an aromatic ring is 1. The molecule has 4 N–H and O–H groups in total. The third kappa shape index (κ3) is 4.39. The van der Waals surface area contributed by atoms with Gasteiger partial charge < -0.3 is 16.2 Å². The number of aromatic nitrogens is 1. The molecule has 0 saturated heterocycles. The SMILES string of the molecule is CS(=O)CCCNc1ncc(C(=O)O)cc1N. The largest absolute Gasteiger partial charge is 0.478 e. The summed E-state index contributed by atoms with van der Waals surface area (Å²) >= 11 is 0. The molecule has 0 aliphatic rings. The Kier molecular flexibility index (Phi) is 4.89. The zero-order valence-corrected chi connectivity index (χ0v) is 10.3. The number of carbonyl (C=O) groups is 1. The van der Waals surface area contributed by atoms with Gasteiger partial charge in [-0.05, 0) is 12.5 Å². The number of hydrogen-bond donors (Lipinski definition) is 3. The number of hydrogen-bond acceptors (Lipinski definition) is 5. The van der Waals surface area contributed by atoms with Gasteiger partial charge in [0.05, 0.1) is 11.3 Å². The van der Waals surface area contributed by atoms with Crippen LogP contribution in [0.5, 0.6) is 0 Å². The molecule has 17 heavy (non-hydrogen) atoms. The number of pyridine rings is 1. The molecule has 94 valence electrons. The van der Waals surface area contributed by atoms with Crippen LogP contribution in [0.25, 0.3) is 0 Å². The van der Waals surface area contributed by atoms with Gasteiger partial charge in [0.2, 0.25) is 0 Å². The zero-order valence-electron chi connectivity index (χ0n) is 9.47. The number of nitrogens with zero attached hydrogens (tertiary/aromatic N) is 1. The van der Waals surface area contributed by atoms with Crippen LogP contribution in [-0.2, 0) is 10.8 Å². The van der Waals surface area contributed by atoms with Crippen LogP contribution in [-0.4, -0.2) is 38.8 Å². The first-order valence-corrected chi connectivity index (χ1v) is 6.76. The number of nitrogens with two attached hydrogens (primary N) is 1. The lowest BCUT2D eigenvalue weighted by Gasteiger charge is -2.08. The van der Waals surface area contributed by atoms with Crippen molar-refractivity contribution in [1.29, 1.82) is 0 Å². The maximum Gasteiger partial charge on any atom is 0.337 e. The molecule has 1 aromatic heterocycles. The van der Waals surface area contributed by atoms with Gasteiger partial charge in [0.15, 0.2) is 0 Å². The Balaban J connectivity index is 2.54. The number of carboxylic acid groups (broad SMARTS) is 1. The third-order valence-electron chi connectivity index (χ3n) is 2.07. The summed E-state index contributed by atoms with van der Waals surface area (Å²) in [6.45, 7) is 0.600. The molecule has 1 rings (SSSR count). The van der Waals surface area contributed by atoms with Crippen LogP contribution in [0.4, 0.5) is 11.5 Å². The zero-order chi connectivity index (χ0) is 12.8. The van der Waals surface area contributed by atoms with Crippen molar-refractivity contribution in [3.8, 4) is 0 Å². The smallest absolute Gasteiger partial charge is 0.337 e. The fourth-order valence-corrected chi connectivity index (χ4v) is 1.78. The summed E-state index contributed by atoms with van der Waals surface area (Å²) in [5, 5.41) is 11.7. The van der Waals surface area contributed by atoms with Crippen LogP contribution >= 0.6 is 0 Å². The van der Waals surface area contributed by atoms with Crippen molar-refractivity contribution in [3.63, 3.8) is 0 Å². The molecule has 1 aromatic rings. The maximum atomic E-state index is 10.8. The number of anilines is 2. The lowest BCUT2D eigenvalue weighted by Crippen LogP contribution is -2.10. The third-order valence-corrected chi connectivity index (χ3v) is 2.93. The number of rotatable bonds is 6. The first-order valence-electron chi connectivity index (χ1n) is 5.03. The monoisotopic (exact) mass is 257 g/mol. The van der Waals surface area contributed by atoms with Gasteiger partial charge in [0.1, 0.15) is 5.82 Å². The number of aromatic carboxylic acids is 1. The summed E-state index contributed by atoms with van der Waals surface area (Å²) in [4.78, 5) is 14.6. The second-order valence-electron chi connectivity index (χ2n) is 3.52. The van der Waals surface area contributed by atoms with E-state index in [9.17, 15) is 9.00 Å². The van der Waals surface area contributed by atoms with Crippen molar-refractivity contribution in [3.05, 3.63) is 17.8 Å². The van der Waals surface area contributed by atoms with E-state index in [0.717, 1.165) is 6.42 Å². The lowest BCUT2D eigenvalue weighted by atomic mass is 10.2. The molecule has 1 unspecified atom stereocenters. The molecule has 0 saturated carbocycles. The van der Waals surface area contributed by atoms with E-state index >= 15 is 0 Å². The summed E-state index contributed by atoms with van der Waals surface area (Å²) < 4.78 is 10.8. The second kappa shape index (κ2) is 6.19. The minimum absolute atomic E-state index is 0.0581. The second-order valence-corrected chi connectivity index (χ2v) is 5.08. The highest BCUT2D eigenvalue weighted by Gasteiger charge is 2.07. The van der Waals surface area contributed by atoms with Gasteiger partial charge in [-0.1, -0.05) is 0 Å². The van der Waals surface area contributed by atoms with Gasteiger partial charge in [-0.25, -0.2) is 9.78 Å². The summed E-state index contributed by atoms with van der Waals surface area (Å²) in [5.74, 6) is 0.00846. The van der Waals surface area contributed by atoms with Crippen molar-refractivity contribution in [2.24, 2.45) is 0 Å².